The van der Waals surface area contributed by atoms with Crippen LogP contribution in [0.2, 0.25) is 0 Å². The van der Waals surface area contributed by atoms with Gasteiger partial charge in [0.25, 0.3) is 10.0 Å². The van der Waals surface area contributed by atoms with Crippen molar-refractivity contribution in [1.29, 1.82) is 0 Å². The number of carbonyl (C=O) groups is 2. The Bertz CT molecular complexity index is 1420. The van der Waals surface area contributed by atoms with Crippen molar-refractivity contribution in [3.8, 4) is 0 Å². The third-order valence-corrected chi connectivity index (χ3v) is 8.52. The van der Waals surface area contributed by atoms with Crippen molar-refractivity contribution >= 4 is 27.5 Å². The van der Waals surface area contributed by atoms with Gasteiger partial charge in [0.2, 0.25) is 11.8 Å². The highest BCUT2D eigenvalue weighted by molar-refractivity contribution is 7.92. The molecule has 39 heavy (non-hydrogen) atoms. The molecular formula is C30H36FN3O4S. The van der Waals surface area contributed by atoms with Crippen molar-refractivity contribution in [2.75, 3.05) is 17.4 Å². The highest BCUT2D eigenvalue weighted by atomic mass is 32.2. The first-order chi connectivity index (χ1) is 18.5. The van der Waals surface area contributed by atoms with Gasteiger partial charge >= 0.3 is 0 Å². The summed E-state index contributed by atoms with van der Waals surface area (Å²) in [7, 11) is -4.17. The predicted molar refractivity (Wildman–Crippen MR) is 151 cm³/mol. The van der Waals surface area contributed by atoms with Gasteiger partial charge in [-0.25, -0.2) is 12.8 Å². The lowest BCUT2D eigenvalue weighted by Gasteiger charge is -2.32. The summed E-state index contributed by atoms with van der Waals surface area (Å²) < 4.78 is 43.6. The fraction of sp³-hybridized carbons (Fsp3) is 0.333. The largest absolute Gasteiger partial charge is 0.354 e. The summed E-state index contributed by atoms with van der Waals surface area (Å²) in [6, 6.07) is 16.7. The molecule has 9 heteroatoms. The van der Waals surface area contributed by atoms with Crippen LogP contribution in [0.4, 0.5) is 10.1 Å². The molecule has 0 radical (unpaired) electrons. The van der Waals surface area contributed by atoms with Gasteiger partial charge in [-0.2, -0.15) is 0 Å². The highest BCUT2D eigenvalue weighted by Crippen LogP contribution is 2.29. The van der Waals surface area contributed by atoms with Crippen molar-refractivity contribution in [3.05, 3.63) is 94.8 Å². The van der Waals surface area contributed by atoms with E-state index in [1.54, 1.807) is 50.2 Å². The van der Waals surface area contributed by atoms with Crippen LogP contribution in [-0.4, -0.2) is 44.3 Å². The average molecular weight is 554 g/mol. The second-order valence-electron chi connectivity index (χ2n) is 9.62. The molecule has 0 aliphatic rings. The number of anilines is 1. The van der Waals surface area contributed by atoms with Gasteiger partial charge in [0, 0.05) is 18.7 Å². The Morgan fingerprint density at radius 3 is 2.26 bits per heavy atom. The lowest BCUT2D eigenvalue weighted by atomic mass is 10.1. The van der Waals surface area contributed by atoms with Gasteiger partial charge < -0.3 is 10.2 Å². The quantitative estimate of drug-likeness (QED) is 0.366. The number of hydrogen-bond donors (Lipinski definition) is 1. The Kier molecular flexibility index (Phi) is 9.86. The van der Waals surface area contributed by atoms with E-state index < -0.39 is 40.2 Å². The zero-order chi connectivity index (χ0) is 28.7. The molecule has 0 heterocycles. The van der Waals surface area contributed by atoms with Crippen LogP contribution in [0.1, 0.15) is 42.5 Å². The number of benzene rings is 3. The second kappa shape index (κ2) is 12.9. The van der Waals surface area contributed by atoms with Crippen LogP contribution in [0, 0.1) is 26.6 Å². The van der Waals surface area contributed by atoms with Gasteiger partial charge in [0.1, 0.15) is 18.4 Å². The molecule has 0 fully saturated rings. The molecule has 1 N–H and O–H groups in total. The number of carbonyl (C=O) groups excluding carboxylic acids is 2. The van der Waals surface area contributed by atoms with Gasteiger partial charge in [-0.05, 0) is 69.5 Å². The third kappa shape index (κ3) is 7.03. The van der Waals surface area contributed by atoms with E-state index in [1.807, 2.05) is 26.8 Å². The van der Waals surface area contributed by atoms with Crippen molar-refractivity contribution < 1.29 is 22.4 Å². The topological polar surface area (TPSA) is 86.8 Å². The number of halogens is 1. The number of sulfonamides is 1. The minimum absolute atomic E-state index is 0.0381. The van der Waals surface area contributed by atoms with Crippen molar-refractivity contribution in [1.82, 2.24) is 10.2 Å². The van der Waals surface area contributed by atoms with Gasteiger partial charge in [0.05, 0.1) is 10.6 Å². The average Bonchev–Trinajstić information content (AvgIpc) is 2.91. The van der Waals surface area contributed by atoms with Crippen LogP contribution in [0.25, 0.3) is 0 Å². The number of rotatable bonds is 11. The minimum Gasteiger partial charge on any atom is -0.354 e. The van der Waals surface area contributed by atoms with E-state index in [0.29, 0.717) is 24.2 Å². The van der Waals surface area contributed by atoms with E-state index in [1.165, 1.54) is 29.2 Å². The monoisotopic (exact) mass is 553 g/mol. The van der Waals surface area contributed by atoms with Crippen LogP contribution < -0.4 is 9.62 Å². The van der Waals surface area contributed by atoms with E-state index in [-0.39, 0.29) is 17.0 Å². The molecule has 7 nitrogen and oxygen atoms in total. The summed E-state index contributed by atoms with van der Waals surface area (Å²) >= 11 is 0. The molecule has 0 aromatic heterocycles. The Hall–Kier alpha value is -3.72. The molecule has 1 unspecified atom stereocenters. The normalized spacial score (nSPS) is 12.1. The van der Waals surface area contributed by atoms with Gasteiger partial charge in [-0.15, -0.1) is 0 Å². The molecule has 2 amide bonds. The molecular weight excluding hydrogens is 517 g/mol. The molecule has 0 saturated carbocycles. The molecule has 0 aliphatic heterocycles. The van der Waals surface area contributed by atoms with E-state index in [4.69, 9.17) is 0 Å². The minimum atomic E-state index is -4.17. The van der Waals surface area contributed by atoms with E-state index >= 15 is 0 Å². The van der Waals surface area contributed by atoms with E-state index in [2.05, 4.69) is 5.32 Å². The summed E-state index contributed by atoms with van der Waals surface area (Å²) in [5, 5.41) is 2.77. The predicted octanol–water partition coefficient (Wildman–Crippen LogP) is 4.89. The maximum atomic E-state index is 14.6. The zero-order valence-corrected chi connectivity index (χ0v) is 23.9. The lowest BCUT2D eigenvalue weighted by molar-refractivity contribution is -0.139. The number of hydrogen-bond acceptors (Lipinski definition) is 4. The third-order valence-electron chi connectivity index (χ3n) is 6.75. The zero-order valence-electron chi connectivity index (χ0n) is 23.1. The van der Waals surface area contributed by atoms with Gasteiger partial charge in [-0.1, -0.05) is 55.0 Å². The van der Waals surface area contributed by atoms with Crippen LogP contribution in [-0.2, 0) is 26.2 Å². The van der Waals surface area contributed by atoms with Crippen molar-refractivity contribution in [3.63, 3.8) is 0 Å². The molecule has 1 atom stereocenters. The van der Waals surface area contributed by atoms with Crippen molar-refractivity contribution in [2.45, 2.75) is 58.5 Å². The Morgan fingerprint density at radius 1 is 0.949 bits per heavy atom. The molecule has 3 aromatic rings. The fourth-order valence-electron chi connectivity index (χ4n) is 4.15. The standard InChI is InChI=1S/C30H36FN3O4S/c1-6-18-32-30(36)24(5)33(19-25-11-7-8-12-27(25)31)29(35)20-34(28-13-9-10-22(3)23(28)4)39(37,38)26-16-14-21(2)15-17-26/h7-17,24H,6,18-20H2,1-5H3,(H,32,36). The van der Waals surface area contributed by atoms with Crippen LogP contribution in [0.5, 0.6) is 0 Å². The molecule has 0 spiro atoms. The first-order valence-corrected chi connectivity index (χ1v) is 14.4. The van der Waals surface area contributed by atoms with Crippen LogP contribution in [0.3, 0.4) is 0 Å². The fourth-order valence-corrected chi connectivity index (χ4v) is 5.62. The maximum Gasteiger partial charge on any atom is 0.264 e. The van der Waals surface area contributed by atoms with Gasteiger partial charge in [0.15, 0.2) is 0 Å². The number of nitrogens with zero attached hydrogens (tertiary/aromatic N) is 2. The lowest BCUT2D eigenvalue weighted by Crippen LogP contribution is -2.51. The van der Waals surface area contributed by atoms with Crippen molar-refractivity contribution in [2.24, 2.45) is 0 Å². The van der Waals surface area contributed by atoms with Crippen LogP contribution in [0.15, 0.2) is 71.6 Å². The SMILES string of the molecule is CCCNC(=O)C(C)N(Cc1ccccc1F)C(=O)CN(c1cccc(C)c1C)S(=O)(=O)c1ccc(C)cc1. The number of nitrogens with one attached hydrogen (secondary N) is 1. The number of amides is 2. The number of aryl methyl sites for hydroxylation is 2. The molecule has 3 rings (SSSR count). The molecule has 0 saturated heterocycles. The molecule has 3 aromatic carbocycles. The highest BCUT2D eigenvalue weighted by Gasteiger charge is 2.33. The first-order valence-electron chi connectivity index (χ1n) is 12.9. The second-order valence-corrected chi connectivity index (χ2v) is 11.5. The van der Waals surface area contributed by atoms with E-state index in [0.717, 1.165) is 15.4 Å². The van der Waals surface area contributed by atoms with E-state index in [9.17, 15) is 22.4 Å². The summed E-state index contributed by atoms with van der Waals surface area (Å²) in [6.45, 7) is 8.63. The Balaban J connectivity index is 2.07. The molecule has 0 aliphatic carbocycles. The Morgan fingerprint density at radius 2 is 1.62 bits per heavy atom. The smallest absolute Gasteiger partial charge is 0.264 e. The summed E-state index contributed by atoms with van der Waals surface area (Å²) in [5.74, 6) is -1.55. The Labute approximate surface area is 230 Å². The summed E-state index contributed by atoms with van der Waals surface area (Å²) in [5.41, 5.74) is 3.04. The summed E-state index contributed by atoms with van der Waals surface area (Å²) in [6.07, 6.45) is 0.703. The molecule has 208 valence electrons. The van der Waals surface area contributed by atoms with Crippen LogP contribution >= 0.6 is 0 Å². The maximum absolute atomic E-state index is 14.6. The first kappa shape index (κ1) is 29.8. The summed E-state index contributed by atoms with van der Waals surface area (Å²) in [4.78, 5) is 28.1. The van der Waals surface area contributed by atoms with Gasteiger partial charge in [-0.3, -0.25) is 13.9 Å². The molecule has 0 bridgehead atoms.